The third-order valence-corrected chi connectivity index (χ3v) is 3.70. The Labute approximate surface area is 136 Å². The fourth-order valence-electron chi connectivity index (χ4n) is 2.49. The first-order valence-electron chi connectivity index (χ1n) is 7.31. The predicted octanol–water partition coefficient (Wildman–Crippen LogP) is 4.42. The van der Waals surface area contributed by atoms with E-state index >= 15 is 0 Å². The molecule has 0 atom stereocenters. The summed E-state index contributed by atoms with van der Waals surface area (Å²) in [7, 11) is 0. The number of hydrogen-bond donors (Lipinski definition) is 1. The van der Waals surface area contributed by atoms with Crippen molar-refractivity contribution in [2.24, 2.45) is 0 Å². The van der Waals surface area contributed by atoms with Crippen LogP contribution in [0.2, 0.25) is 0 Å². The van der Waals surface area contributed by atoms with E-state index in [0.717, 1.165) is 17.4 Å². The highest BCUT2D eigenvalue weighted by Gasteiger charge is 2.10. The maximum absolute atomic E-state index is 13.8. The minimum absolute atomic E-state index is 0.188. The van der Waals surface area contributed by atoms with Crippen molar-refractivity contribution in [3.63, 3.8) is 0 Å². The van der Waals surface area contributed by atoms with E-state index in [1.54, 1.807) is 18.3 Å². The summed E-state index contributed by atoms with van der Waals surface area (Å²) in [6, 6.07) is 11.3. The molecule has 0 bridgehead atoms. The molecule has 0 amide bonds. The van der Waals surface area contributed by atoms with Crippen LogP contribution in [-0.4, -0.2) is 14.4 Å². The highest BCUT2D eigenvalue weighted by molar-refractivity contribution is 5.67. The molecule has 0 unspecified atom stereocenters. The van der Waals surface area contributed by atoms with Gasteiger partial charge >= 0.3 is 0 Å². The van der Waals surface area contributed by atoms with Crippen molar-refractivity contribution in [3.05, 3.63) is 78.9 Å². The van der Waals surface area contributed by atoms with Gasteiger partial charge in [-0.25, -0.2) is 18.7 Å². The molecule has 24 heavy (non-hydrogen) atoms. The smallest absolute Gasteiger partial charge is 0.166 e. The van der Waals surface area contributed by atoms with E-state index < -0.39 is 11.6 Å². The van der Waals surface area contributed by atoms with Gasteiger partial charge in [0.25, 0.3) is 0 Å². The van der Waals surface area contributed by atoms with Crippen LogP contribution in [0.25, 0.3) is 16.8 Å². The van der Waals surface area contributed by atoms with Crippen LogP contribution in [-0.2, 0) is 0 Å². The van der Waals surface area contributed by atoms with Crippen LogP contribution in [0.15, 0.2) is 67.3 Å². The first-order chi connectivity index (χ1) is 11.7. The third-order valence-electron chi connectivity index (χ3n) is 3.70. The number of aromatic nitrogens is 3. The molecule has 0 fully saturated rings. The number of anilines is 2. The standard InChI is InChI=1S/C18H12F2N4/c19-15-3-1-2-14(18(15)20)12-4-5-16(22-11-12)23-13-6-8-24-9-7-21-17(24)10-13/h1-11H,(H,22,23). The third kappa shape index (κ3) is 2.58. The summed E-state index contributed by atoms with van der Waals surface area (Å²) in [4.78, 5) is 8.48. The van der Waals surface area contributed by atoms with E-state index in [-0.39, 0.29) is 5.56 Å². The van der Waals surface area contributed by atoms with Crippen LogP contribution in [0, 0.1) is 11.6 Å². The molecule has 118 valence electrons. The Bertz CT molecular complexity index is 1010. The lowest BCUT2D eigenvalue weighted by Gasteiger charge is -2.08. The summed E-state index contributed by atoms with van der Waals surface area (Å²) in [5.41, 5.74) is 2.36. The molecule has 0 radical (unpaired) electrons. The fraction of sp³-hybridized carbons (Fsp3) is 0. The van der Waals surface area contributed by atoms with Crippen LogP contribution in [0.5, 0.6) is 0 Å². The van der Waals surface area contributed by atoms with E-state index in [9.17, 15) is 8.78 Å². The van der Waals surface area contributed by atoms with Crippen LogP contribution >= 0.6 is 0 Å². The topological polar surface area (TPSA) is 42.2 Å². The summed E-state index contributed by atoms with van der Waals surface area (Å²) in [6.07, 6.45) is 6.98. The monoisotopic (exact) mass is 322 g/mol. The zero-order valence-electron chi connectivity index (χ0n) is 12.4. The second kappa shape index (κ2) is 5.73. The number of fused-ring (bicyclic) bond motifs is 1. The number of imidazole rings is 1. The zero-order valence-corrected chi connectivity index (χ0v) is 12.4. The summed E-state index contributed by atoms with van der Waals surface area (Å²) < 4.78 is 29.0. The number of nitrogens with zero attached hydrogens (tertiary/aromatic N) is 3. The molecular formula is C18H12F2N4. The lowest BCUT2D eigenvalue weighted by atomic mass is 10.1. The molecule has 0 saturated heterocycles. The van der Waals surface area contributed by atoms with Crippen molar-refractivity contribution in [2.75, 3.05) is 5.32 Å². The van der Waals surface area contributed by atoms with Gasteiger partial charge in [0.2, 0.25) is 0 Å². The molecule has 0 aliphatic carbocycles. The van der Waals surface area contributed by atoms with Crippen molar-refractivity contribution in [3.8, 4) is 11.1 Å². The number of benzene rings is 1. The van der Waals surface area contributed by atoms with Gasteiger partial charge < -0.3 is 9.72 Å². The van der Waals surface area contributed by atoms with Crippen molar-refractivity contribution in [1.29, 1.82) is 0 Å². The Balaban J connectivity index is 1.60. The van der Waals surface area contributed by atoms with Crippen molar-refractivity contribution in [2.45, 2.75) is 0 Å². The average molecular weight is 322 g/mol. The second-order valence-corrected chi connectivity index (χ2v) is 5.27. The van der Waals surface area contributed by atoms with Gasteiger partial charge in [0.1, 0.15) is 11.5 Å². The van der Waals surface area contributed by atoms with Crippen LogP contribution in [0.4, 0.5) is 20.3 Å². The molecule has 0 aliphatic rings. The van der Waals surface area contributed by atoms with E-state index in [4.69, 9.17) is 0 Å². The van der Waals surface area contributed by atoms with Gasteiger partial charge in [-0.15, -0.1) is 0 Å². The molecule has 4 nitrogen and oxygen atoms in total. The zero-order chi connectivity index (χ0) is 16.5. The van der Waals surface area contributed by atoms with Gasteiger partial charge in [-0.1, -0.05) is 12.1 Å². The van der Waals surface area contributed by atoms with Gasteiger partial charge in [0, 0.05) is 47.7 Å². The molecule has 6 heteroatoms. The summed E-state index contributed by atoms with van der Waals surface area (Å²) in [5, 5.41) is 3.16. The Morgan fingerprint density at radius 1 is 0.958 bits per heavy atom. The lowest BCUT2D eigenvalue weighted by Crippen LogP contribution is -1.95. The highest BCUT2D eigenvalue weighted by atomic mass is 19.2. The number of rotatable bonds is 3. The Kier molecular flexibility index (Phi) is 3.42. The molecule has 0 aliphatic heterocycles. The maximum atomic E-state index is 13.8. The summed E-state index contributed by atoms with van der Waals surface area (Å²) in [6.45, 7) is 0. The highest BCUT2D eigenvalue weighted by Crippen LogP contribution is 2.25. The normalized spacial score (nSPS) is 10.9. The number of nitrogens with one attached hydrogen (secondary N) is 1. The van der Waals surface area contributed by atoms with Crippen LogP contribution < -0.4 is 5.32 Å². The number of pyridine rings is 2. The van der Waals surface area contributed by atoms with E-state index in [0.29, 0.717) is 11.4 Å². The van der Waals surface area contributed by atoms with Crippen molar-refractivity contribution < 1.29 is 8.78 Å². The Hall–Kier alpha value is -3.28. The SMILES string of the molecule is Fc1cccc(-c2ccc(Nc3ccn4ccnc4c3)nc2)c1F. The van der Waals surface area contributed by atoms with Gasteiger partial charge in [0.15, 0.2) is 11.6 Å². The van der Waals surface area contributed by atoms with Gasteiger partial charge in [-0.05, 0) is 24.3 Å². The van der Waals surface area contributed by atoms with E-state index in [1.807, 2.05) is 28.9 Å². The predicted molar refractivity (Wildman–Crippen MR) is 88.1 cm³/mol. The molecule has 4 rings (SSSR count). The molecular weight excluding hydrogens is 310 g/mol. The molecule has 1 aromatic carbocycles. The van der Waals surface area contributed by atoms with Crippen molar-refractivity contribution in [1.82, 2.24) is 14.4 Å². The van der Waals surface area contributed by atoms with Gasteiger partial charge in [0.05, 0.1) is 0 Å². The number of halogens is 2. The van der Waals surface area contributed by atoms with Crippen molar-refractivity contribution >= 4 is 17.2 Å². The summed E-state index contributed by atoms with van der Waals surface area (Å²) in [5.74, 6) is -1.14. The second-order valence-electron chi connectivity index (χ2n) is 5.27. The van der Waals surface area contributed by atoms with Crippen LogP contribution in [0.3, 0.4) is 0 Å². The van der Waals surface area contributed by atoms with Gasteiger partial charge in [-0.3, -0.25) is 0 Å². The molecule has 0 spiro atoms. The van der Waals surface area contributed by atoms with Gasteiger partial charge in [-0.2, -0.15) is 0 Å². The minimum Gasteiger partial charge on any atom is -0.340 e. The van der Waals surface area contributed by atoms with E-state index in [2.05, 4.69) is 15.3 Å². The largest absolute Gasteiger partial charge is 0.340 e. The first kappa shape index (κ1) is 14.3. The molecule has 3 aromatic heterocycles. The fourth-order valence-corrected chi connectivity index (χ4v) is 2.49. The molecule has 1 N–H and O–H groups in total. The Morgan fingerprint density at radius 2 is 1.88 bits per heavy atom. The average Bonchev–Trinajstić information content (AvgIpc) is 3.06. The summed E-state index contributed by atoms with van der Waals surface area (Å²) >= 11 is 0. The number of hydrogen-bond acceptors (Lipinski definition) is 3. The minimum atomic E-state index is -0.872. The Morgan fingerprint density at radius 3 is 2.71 bits per heavy atom. The van der Waals surface area contributed by atoms with Crippen LogP contribution in [0.1, 0.15) is 0 Å². The molecule has 0 saturated carbocycles. The maximum Gasteiger partial charge on any atom is 0.166 e. The quantitative estimate of drug-likeness (QED) is 0.607. The first-order valence-corrected chi connectivity index (χ1v) is 7.31. The lowest BCUT2D eigenvalue weighted by molar-refractivity contribution is 0.511. The molecule has 4 aromatic rings. The molecule has 3 heterocycles. The van der Waals surface area contributed by atoms with E-state index in [1.165, 1.54) is 18.3 Å².